The molecule has 0 radical (unpaired) electrons. The molecule has 3 heteroatoms. The third-order valence-corrected chi connectivity index (χ3v) is 16.6. The van der Waals surface area contributed by atoms with Gasteiger partial charge in [-0.2, -0.15) is 0 Å². The van der Waals surface area contributed by atoms with E-state index in [-0.39, 0.29) is 0 Å². The molecule has 0 saturated heterocycles. The van der Waals surface area contributed by atoms with E-state index in [1.54, 1.807) is 0 Å². The topological polar surface area (TPSA) is 19.6 Å². The highest BCUT2D eigenvalue weighted by Crippen LogP contribution is 2.55. The van der Waals surface area contributed by atoms with Crippen molar-refractivity contribution in [3.05, 3.63) is 303 Å². The Morgan fingerprint density at radius 1 is 0.235 bits per heavy atom. The van der Waals surface area contributed by atoms with Gasteiger partial charge >= 0.3 is 0 Å². The molecule has 16 aromatic rings. The van der Waals surface area contributed by atoms with Crippen molar-refractivity contribution in [2.24, 2.45) is 0 Å². The molecule has 0 aliphatic rings. The number of benzene rings is 15. The van der Waals surface area contributed by atoms with Gasteiger partial charge in [0, 0.05) is 49.4 Å². The molecule has 15 aromatic carbocycles. The van der Waals surface area contributed by atoms with Crippen LogP contribution in [0.3, 0.4) is 0 Å². The molecule has 0 atom stereocenters. The maximum Gasteiger partial charge on any atom is 0.160 e. The normalized spacial score (nSPS) is 11.7. The van der Waals surface area contributed by atoms with Gasteiger partial charge in [0.05, 0.1) is 17.1 Å². The summed E-state index contributed by atoms with van der Waals surface area (Å²) in [5.74, 6) is 0. The Morgan fingerprint density at radius 2 is 0.580 bits per heavy atom. The largest absolute Gasteiger partial charge is 0.454 e. The minimum absolute atomic E-state index is 0.850. The molecule has 81 heavy (non-hydrogen) atoms. The molecular formula is C78H50N2O. The second-order valence-corrected chi connectivity index (χ2v) is 21.0. The monoisotopic (exact) mass is 1030 g/mol. The average molecular weight is 1030 g/mol. The average Bonchev–Trinajstić information content (AvgIpc) is 3.49. The standard InChI is InChI=1S/C78H50N2O/c1-4-22-51(23-5-1)53-40-45-58(46-41-53)79(59-47-42-54(43-48-59)52-24-6-2-7-25-52)76-66-36-18-14-32-62(66)72(63-33-15-19-37-67(63)76)73-64-34-16-20-38-68(64)77(69-39-21-17-35-65(69)73)80(57-28-8-3-9-29-57)70-50-56-27-11-13-31-61(56)75-74-60-30-12-10-26-55(60)44-49-71(74)81-78(70)75/h1-50H. The quantitative estimate of drug-likeness (QED) is 0.134. The van der Waals surface area contributed by atoms with Crippen molar-refractivity contribution in [2.45, 2.75) is 0 Å². The van der Waals surface area contributed by atoms with E-state index in [2.05, 4.69) is 313 Å². The number of furan rings is 1. The van der Waals surface area contributed by atoms with Crippen LogP contribution in [-0.2, 0) is 0 Å². The van der Waals surface area contributed by atoms with Gasteiger partial charge in [0.15, 0.2) is 5.58 Å². The highest BCUT2D eigenvalue weighted by molar-refractivity contribution is 6.33. The first-order valence-corrected chi connectivity index (χ1v) is 27.8. The van der Waals surface area contributed by atoms with Gasteiger partial charge in [-0.15, -0.1) is 0 Å². The minimum Gasteiger partial charge on any atom is -0.454 e. The van der Waals surface area contributed by atoms with Gasteiger partial charge in [0.2, 0.25) is 0 Å². The van der Waals surface area contributed by atoms with Gasteiger partial charge in [-0.25, -0.2) is 0 Å². The summed E-state index contributed by atoms with van der Waals surface area (Å²) in [6.45, 7) is 0. The van der Waals surface area contributed by atoms with Crippen molar-refractivity contribution in [3.63, 3.8) is 0 Å². The first-order chi connectivity index (χ1) is 40.2. The Balaban J connectivity index is 0.976. The number of hydrogen-bond donors (Lipinski definition) is 0. The van der Waals surface area contributed by atoms with Gasteiger partial charge in [-0.3, -0.25) is 0 Å². The molecule has 0 saturated carbocycles. The Hall–Kier alpha value is -10.7. The van der Waals surface area contributed by atoms with Crippen molar-refractivity contribution in [3.8, 4) is 33.4 Å². The van der Waals surface area contributed by atoms with Crippen molar-refractivity contribution < 1.29 is 4.42 Å². The number of fused-ring (bicyclic) bond motifs is 11. The lowest BCUT2D eigenvalue weighted by molar-refractivity contribution is 0.669. The fourth-order valence-electron chi connectivity index (χ4n) is 13.0. The Morgan fingerprint density at radius 3 is 1.05 bits per heavy atom. The van der Waals surface area contributed by atoms with Crippen LogP contribution in [0.5, 0.6) is 0 Å². The van der Waals surface area contributed by atoms with Crippen LogP contribution in [0.2, 0.25) is 0 Å². The second-order valence-electron chi connectivity index (χ2n) is 21.0. The fraction of sp³-hybridized carbons (Fsp3) is 0. The molecule has 1 aromatic heterocycles. The summed E-state index contributed by atoms with van der Waals surface area (Å²) in [7, 11) is 0. The molecule has 0 spiro atoms. The van der Waals surface area contributed by atoms with Crippen LogP contribution < -0.4 is 9.80 Å². The van der Waals surface area contributed by atoms with Crippen molar-refractivity contribution in [2.75, 3.05) is 9.80 Å². The summed E-state index contributed by atoms with van der Waals surface area (Å²) in [4.78, 5) is 4.94. The molecule has 0 fully saturated rings. The number of rotatable bonds is 9. The molecular weight excluding hydrogens is 981 g/mol. The van der Waals surface area contributed by atoms with Gasteiger partial charge in [-0.1, -0.05) is 255 Å². The number of anilines is 6. The highest BCUT2D eigenvalue weighted by Gasteiger charge is 2.29. The number of para-hydroxylation sites is 1. The zero-order valence-electron chi connectivity index (χ0n) is 44.2. The minimum atomic E-state index is 0.850. The Kier molecular flexibility index (Phi) is 10.9. The van der Waals surface area contributed by atoms with Crippen LogP contribution in [0.4, 0.5) is 34.1 Å². The second kappa shape index (κ2) is 19.0. The molecule has 1 heterocycles. The molecule has 0 bridgehead atoms. The lowest BCUT2D eigenvalue weighted by atomic mass is 9.84. The third-order valence-electron chi connectivity index (χ3n) is 16.6. The Bertz CT molecular complexity index is 4890. The summed E-state index contributed by atoms with van der Waals surface area (Å²) in [5.41, 5.74) is 15.2. The van der Waals surface area contributed by atoms with Crippen LogP contribution in [-0.4, -0.2) is 0 Å². The van der Waals surface area contributed by atoms with Crippen LogP contribution in [0, 0.1) is 0 Å². The zero-order valence-corrected chi connectivity index (χ0v) is 44.2. The predicted octanol–water partition coefficient (Wildman–Crippen LogP) is 22.4. The number of hydrogen-bond acceptors (Lipinski definition) is 3. The van der Waals surface area contributed by atoms with E-state index in [0.29, 0.717) is 0 Å². The van der Waals surface area contributed by atoms with E-state index < -0.39 is 0 Å². The zero-order chi connectivity index (χ0) is 53.4. The molecule has 0 amide bonds. The maximum atomic E-state index is 7.24. The lowest BCUT2D eigenvalue weighted by Gasteiger charge is -2.31. The fourth-order valence-corrected chi connectivity index (χ4v) is 13.0. The van der Waals surface area contributed by atoms with E-state index in [1.165, 1.54) is 60.3 Å². The first-order valence-electron chi connectivity index (χ1n) is 27.8. The van der Waals surface area contributed by atoms with Crippen molar-refractivity contribution in [1.82, 2.24) is 0 Å². The molecule has 16 rings (SSSR count). The van der Waals surface area contributed by atoms with Crippen LogP contribution in [0.15, 0.2) is 308 Å². The summed E-state index contributed by atoms with van der Waals surface area (Å²) >= 11 is 0. The van der Waals surface area contributed by atoms with E-state index >= 15 is 0 Å². The van der Waals surface area contributed by atoms with E-state index in [1.807, 2.05) is 0 Å². The molecule has 0 aliphatic heterocycles. The first kappa shape index (κ1) is 46.4. The summed E-state index contributed by atoms with van der Waals surface area (Å²) in [6, 6.07) is 111. The van der Waals surface area contributed by atoms with Gasteiger partial charge in [0.1, 0.15) is 5.58 Å². The number of nitrogens with zero attached hydrogens (tertiary/aromatic N) is 2. The molecule has 0 N–H and O–H groups in total. The molecule has 3 nitrogen and oxygen atoms in total. The predicted molar refractivity (Wildman–Crippen MR) is 344 cm³/mol. The van der Waals surface area contributed by atoms with E-state index in [0.717, 1.165) is 93.8 Å². The highest BCUT2D eigenvalue weighted by atomic mass is 16.3. The van der Waals surface area contributed by atoms with Crippen LogP contribution in [0.1, 0.15) is 0 Å². The van der Waals surface area contributed by atoms with Crippen molar-refractivity contribution >= 4 is 121 Å². The SMILES string of the molecule is c1ccc(-c2ccc(N(c3ccc(-c4ccccc4)cc3)c3c4ccccc4c(-c4c5ccccc5c(N(c5ccccc5)c5cc6ccccc6c6c5oc5ccc7ccccc7c56)c5ccccc45)c4ccccc34)cc2)cc1. The van der Waals surface area contributed by atoms with E-state index in [4.69, 9.17) is 4.42 Å². The smallest absolute Gasteiger partial charge is 0.160 e. The van der Waals surface area contributed by atoms with Gasteiger partial charge in [0.25, 0.3) is 0 Å². The van der Waals surface area contributed by atoms with Gasteiger partial charge < -0.3 is 14.2 Å². The summed E-state index contributed by atoms with van der Waals surface area (Å²) in [6.07, 6.45) is 0. The van der Waals surface area contributed by atoms with Crippen LogP contribution >= 0.6 is 0 Å². The lowest BCUT2D eigenvalue weighted by Crippen LogP contribution is -2.12. The van der Waals surface area contributed by atoms with Gasteiger partial charge in [-0.05, 0) is 125 Å². The van der Waals surface area contributed by atoms with Crippen molar-refractivity contribution in [1.29, 1.82) is 0 Å². The third kappa shape index (κ3) is 7.51. The summed E-state index contributed by atoms with van der Waals surface area (Å²) in [5, 5.41) is 16.2. The summed E-state index contributed by atoms with van der Waals surface area (Å²) < 4.78 is 7.24. The molecule has 0 aliphatic carbocycles. The van der Waals surface area contributed by atoms with E-state index in [9.17, 15) is 0 Å². The molecule has 0 unspecified atom stereocenters. The Labute approximate surface area is 469 Å². The van der Waals surface area contributed by atoms with Crippen LogP contribution in [0.25, 0.3) is 120 Å². The molecule has 378 valence electrons. The maximum absolute atomic E-state index is 7.24.